The second-order valence-electron chi connectivity index (χ2n) is 9.69. The average molecular weight is 616 g/mol. The number of benzene rings is 1. The van der Waals surface area contributed by atoms with Crippen LogP contribution < -0.4 is 10.6 Å². The van der Waals surface area contributed by atoms with Crippen LogP contribution in [0, 0.1) is 0 Å². The number of thioether (sulfide) groups is 1. The number of carbonyl (C=O) groups excluding carboxylic acids is 2. The van der Waals surface area contributed by atoms with E-state index in [0.29, 0.717) is 38.5 Å². The monoisotopic (exact) mass is 614 g/mol. The van der Waals surface area contributed by atoms with Gasteiger partial charge in [-0.25, -0.2) is 0 Å². The first-order chi connectivity index (χ1) is 18.0. The fraction of sp³-hybridized carbons (Fsp3) is 0.500. The number of aliphatic imine (C=N–C) groups is 1. The zero-order chi connectivity index (χ0) is 27.3. The molecule has 7 nitrogen and oxygen atoms in total. The lowest BCUT2D eigenvalue weighted by Crippen LogP contribution is -2.63. The Morgan fingerprint density at radius 3 is 2.68 bits per heavy atom. The zero-order valence-corrected chi connectivity index (χ0v) is 23.0. The van der Waals surface area contributed by atoms with Crippen molar-refractivity contribution in [1.29, 1.82) is 0 Å². The van der Waals surface area contributed by atoms with Gasteiger partial charge in [0.05, 0.1) is 29.7 Å². The Bertz CT molecular complexity index is 1130. The third-order valence-electron chi connectivity index (χ3n) is 6.95. The zero-order valence-electron chi connectivity index (χ0n) is 20.6. The summed E-state index contributed by atoms with van der Waals surface area (Å²) in [7, 11) is 0. The second-order valence-corrected chi connectivity index (χ2v) is 11.6. The lowest BCUT2D eigenvalue weighted by Gasteiger charge is -2.48. The highest BCUT2D eigenvalue weighted by molar-refractivity contribution is 9.11. The number of carbonyl (C=O) groups is 2. The van der Waals surface area contributed by atoms with Crippen molar-refractivity contribution in [3.63, 3.8) is 0 Å². The van der Waals surface area contributed by atoms with E-state index in [0.717, 1.165) is 46.3 Å². The van der Waals surface area contributed by atoms with E-state index in [1.54, 1.807) is 11.8 Å². The molecule has 2 amide bonds. The van der Waals surface area contributed by atoms with E-state index < -0.39 is 29.2 Å². The number of nitrogens with one attached hydrogen (secondary N) is 2. The first-order valence-corrected chi connectivity index (χ1v) is 14.2. The highest BCUT2D eigenvalue weighted by atomic mass is 79.9. The molecule has 0 spiro atoms. The summed E-state index contributed by atoms with van der Waals surface area (Å²) < 4.78 is 39.6. The SMILES string of the molecule is O=C(CNC(=O)c1cccc(C(F)(F)F)c1)NC1CN(C2CCC(O)(C3=NC/C=C\C(Br)=C/CS3)CC2)C1. The van der Waals surface area contributed by atoms with E-state index in [4.69, 9.17) is 0 Å². The number of halogens is 4. The van der Waals surface area contributed by atoms with Crippen molar-refractivity contribution < 1.29 is 27.9 Å². The third-order valence-corrected chi connectivity index (χ3v) is 8.65. The lowest BCUT2D eigenvalue weighted by molar-refractivity contribution is -0.137. The number of nitrogens with zero attached hydrogens (tertiary/aromatic N) is 2. The maximum absolute atomic E-state index is 12.9. The quantitative estimate of drug-likeness (QED) is 0.452. The lowest BCUT2D eigenvalue weighted by atomic mass is 9.81. The minimum Gasteiger partial charge on any atom is -0.383 e. The number of hydrogen-bond donors (Lipinski definition) is 3. The van der Waals surface area contributed by atoms with Gasteiger partial charge in [-0.2, -0.15) is 13.2 Å². The Morgan fingerprint density at radius 1 is 1.24 bits per heavy atom. The maximum Gasteiger partial charge on any atom is 0.416 e. The molecule has 3 aliphatic rings. The summed E-state index contributed by atoms with van der Waals surface area (Å²) in [4.78, 5) is 31.4. The van der Waals surface area contributed by atoms with E-state index in [-0.39, 0.29) is 18.2 Å². The maximum atomic E-state index is 12.9. The van der Waals surface area contributed by atoms with Gasteiger partial charge in [-0.1, -0.05) is 40.2 Å². The van der Waals surface area contributed by atoms with Crippen molar-refractivity contribution in [2.75, 3.05) is 31.9 Å². The molecule has 4 rings (SSSR count). The van der Waals surface area contributed by atoms with Crippen LogP contribution in [0.4, 0.5) is 13.2 Å². The number of allylic oxidation sites excluding steroid dienone is 2. The van der Waals surface area contributed by atoms with Gasteiger partial charge in [0.2, 0.25) is 5.91 Å². The number of aliphatic hydroxyl groups is 1. The summed E-state index contributed by atoms with van der Waals surface area (Å²) >= 11 is 5.07. The van der Waals surface area contributed by atoms with Crippen LogP contribution in [0.25, 0.3) is 0 Å². The molecular formula is C26H30BrF3N4O3S. The molecule has 2 fully saturated rings. The topological polar surface area (TPSA) is 94.0 Å². The molecule has 1 saturated carbocycles. The normalized spacial score (nSPS) is 27.4. The summed E-state index contributed by atoms with van der Waals surface area (Å²) in [5.41, 5.74) is -1.98. The highest BCUT2D eigenvalue weighted by Gasteiger charge is 2.42. The summed E-state index contributed by atoms with van der Waals surface area (Å²) in [6.45, 7) is 1.57. The number of amides is 2. The van der Waals surface area contributed by atoms with Gasteiger partial charge in [-0.05, 0) is 43.9 Å². The van der Waals surface area contributed by atoms with Crippen molar-refractivity contribution in [3.05, 3.63) is 58.1 Å². The summed E-state index contributed by atoms with van der Waals surface area (Å²) in [5.74, 6) is -0.389. The van der Waals surface area contributed by atoms with E-state index in [1.807, 2.05) is 12.2 Å². The molecule has 1 saturated heterocycles. The van der Waals surface area contributed by atoms with Gasteiger partial charge in [0.25, 0.3) is 5.91 Å². The van der Waals surface area contributed by atoms with Crippen molar-refractivity contribution in [2.24, 2.45) is 4.99 Å². The van der Waals surface area contributed by atoms with E-state index >= 15 is 0 Å². The molecule has 2 aliphatic heterocycles. The molecular weight excluding hydrogens is 585 g/mol. The minimum atomic E-state index is -4.55. The van der Waals surface area contributed by atoms with Gasteiger partial charge in [0.15, 0.2) is 0 Å². The molecule has 1 aromatic carbocycles. The summed E-state index contributed by atoms with van der Waals surface area (Å²) in [5, 5.41) is 17.3. The average Bonchev–Trinajstić information content (AvgIpc) is 2.97. The van der Waals surface area contributed by atoms with Gasteiger partial charge in [-0.15, -0.1) is 11.8 Å². The molecule has 0 aromatic heterocycles. The Morgan fingerprint density at radius 2 is 1.97 bits per heavy atom. The van der Waals surface area contributed by atoms with Crippen LogP contribution in [0.15, 0.2) is 52.0 Å². The van der Waals surface area contributed by atoms with Crippen molar-refractivity contribution in [2.45, 2.75) is 49.5 Å². The number of rotatable bonds is 6. The number of likely N-dealkylation sites (tertiary alicyclic amines) is 1. The van der Waals surface area contributed by atoms with E-state index in [9.17, 15) is 27.9 Å². The predicted molar refractivity (Wildman–Crippen MR) is 145 cm³/mol. The van der Waals surface area contributed by atoms with Crippen LogP contribution in [-0.2, 0) is 11.0 Å². The molecule has 0 radical (unpaired) electrons. The minimum absolute atomic E-state index is 0.0555. The first kappa shape index (κ1) is 28.8. The van der Waals surface area contributed by atoms with Crippen LogP contribution in [0.3, 0.4) is 0 Å². The molecule has 12 heteroatoms. The molecule has 3 N–H and O–H groups in total. The van der Waals surface area contributed by atoms with Gasteiger partial charge in [0, 0.05) is 34.9 Å². The molecule has 38 heavy (non-hydrogen) atoms. The van der Waals surface area contributed by atoms with Crippen LogP contribution in [0.2, 0.25) is 0 Å². The standard InChI is InChI=1S/C26H30BrF3N4O3S/c27-19-5-2-11-31-24(38-12-8-19)25(37)9-6-21(7-10-25)34-15-20(16-34)33-22(35)14-32-23(36)17-3-1-4-18(13-17)26(28,29)30/h1-5,8,13,20-21,37H,6-7,9-12,14-16H2,(H,32,36)(H,33,35)/b5-2-,19-8+,31-24?. The van der Waals surface area contributed by atoms with Gasteiger partial charge in [-0.3, -0.25) is 19.5 Å². The molecule has 1 aromatic rings. The number of hydrogen-bond acceptors (Lipinski definition) is 6. The van der Waals surface area contributed by atoms with Crippen LogP contribution in [0.1, 0.15) is 41.6 Å². The largest absolute Gasteiger partial charge is 0.416 e. The fourth-order valence-electron chi connectivity index (χ4n) is 4.84. The van der Waals surface area contributed by atoms with Crippen molar-refractivity contribution in [3.8, 4) is 0 Å². The number of alkyl halides is 3. The molecule has 0 atom stereocenters. The summed E-state index contributed by atoms with van der Waals surface area (Å²) in [6.07, 6.45) is 4.37. The summed E-state index contributed by atoms with van der Waals surface area (Å²) in [6, 6.07) is 4.35. The molecule has 1 aliphatic carbocycles. The van der Waals surface area contributed by atoms with Crippen LogP contribution in [-0.4, -0.2) is 76.5 Å². The predicted octanol–water partition coefficient (Wildman–Crippen LogP) is 3.89. The highest BCUT2D eigenvalue weighted by Crippen LogP contribution is 2.37. The molecule has 0 bridgehead atoms. The third kappa shape index (κ3) is 7.49. The Labute approximate surface area is 232 Å². The Kier molecular flexibility index (Phi) is 9.38. The van der Waals surface area contributed by atoms with Crippen molar-refractivity contribution in [1.82, 2.24) is 15.5 Å². The van der Waals surface area contributed by atoms with Crippen LogP contribution >= 0.6 is 27.7 Å². The van der Waals surface area contributed by atoms with E-state index in [2.05, 4.69) is 42.5 Å². The van der Waals surface area contributed by atoms with Gasteiger partial charge >= 0.3 is 6.18 Å². The van der Waals surface area contributed by atoms with Crippen LogP contribution in [0.5, 0.6) is 0 Å². The van der Waals surface area contributed by atoms with Crippen molar-refractivity contribution >= 4 is 44.5 Å². The van der Waals surface area contributed by atoms with E-state index in [1.165, 1.54) is 6.07 Å². The second kappa shape index (κ2) is 12.4. The molecule has 2 heterocycles. The Balaban J connectivity index is 1.18. The molecule has 206 valence electrons. The van der Waals surface area contributed by atoms with Gasteiger partial charge < -0.3 is 15.7 Å². The fourth-order valence-corrected chi connectivity index (χ4v) is 6.46. The smallest absolute Gasteiger partial charge is 0.383 e. The van der Waals surface area contributed by atoms with Gasteiger partial charge in [0.1, 0.15) is 5.60 Å². The molecule has 0 unspecified atom stereocenters. The first-order valence-electron chi connectivity index (χ1n) is 12.4. The Hall–Kier alpha value is -2.15.